The molecule has 0 aliphatic heterocycles. The quantitative estimate of drug-likeness (QED) is 0.633. The Labute approximate surface area is 90.7 Å². The third-order valence-corrected chi connectivity index (χ3v) is 2.55. The van der Waals surface area contributed by atoms with E-state index in [9.17, 15) is 4.39 Å². The second-order valence-corrected chi connectivity index (χ2v) is 3.66. The maximum atomic E-state index is 13.1. The maximum absolute atomic E-state index is 13.1. The lowest BCUT2D eigenvalue weighted by Crippen LogP contribution is -1.84. The van der Waals surface area contributed by atoms with Gasteiger partial charge >= 0.3 is 0 Å². The molecule has 0 aromatic carbocycles. The Morgan fingerprint density at radius 2 is 2.25 bits per heavy atom. The highest BCUT2D eigenvalue weighted by Crippen LogP contribution is 2.27. The Bertz CT molecular complexity index is 653. The monoisotopic (exact) mass is 216 g/mol. The molecule has 0 spiro atoms. The van der Waals surface area contributed by atoms with Crippen molar-refractivity contribution in [2.75, 3.05) is 0 Å². The second-order valence-electron chi connectivity index (χ2n) is 3.66. The number of hydrogen-bond acceptors (Lipinski definition) is 2. The number of halogens is 1. The van der Waals surface area contributed by atoms with Crippen LogP contribution in [0.1, 0.15) is 0 Å². The summed E-state index contributed by atoms with van der Waals surface area (Å²) in [5, 5.41) is 4.92. The van der Waals surface area contributed by atoms with Gasteiger partial charge in [-0.1, -0.05) is 0 Å². The number of aryl methyl sites for hydroxylation is 1. The van der Waals surface area contributed by atoms with Gasteiger partial charge in [0.25, 0.3) is 0 Å². The molecule has 80 valence electrons. The summed E-state index contributed by atoms with van der Waals surface area (Å²) in [7, 11) is 1.85. The Kier molecular flexibility index (Phi) is 1.80. The topological polar surface area (TPSA) is 46.5 Å². The van der Waals surface area contributed by atoms with Gasteiger partial charge in [0.15, 0.2) is 0 Å². The third kappa shape index (κ3) is 1.29. The lowest BCUT2D eigenvalue weighted by Gasteiger charge is -1.94. The number of hydrogen-bond donors (Lipinski definition) is 1. The minimum Gasteiger partial charge on any atom is -0.359 e. The van der Waals surface area contributed by atoms with Crippen molar-refractivity contribution in [2.24, 2.45) is 7.05 Å². The smallest absolute Gasteiger partial charge is 0.213 e. The van der Waals surface area contributed by atoms with Crippen LogP contribution in [0.25, 0.3) is 22.0 Å². The molecule has 0 fully saturated rings. The fourth-order valence-electron chi connectivity index (χ4n) is 1.79. The van der Waals surface area contributed by atoms with Crippen LogP contribution in [0.3, 0.4) is 0 Å². The van der Waals surface area contributed by atoms with E-state index in [0.717, 1.165) is 22.0 Å². The first-order valence-electron chi connectivity index (χ1n) is 4.86. The largest absolute Gasteiger partial charge is 0.359 e. The van der Waals surface area contributed by atoms with Crippen molar-refractivity contribution >= 4 is 10.9 Å². The summed E-state index contributed by atoms with van der Waals surface area (Å²) in [5.41, 5.74) is 2.71. The molecule has 3 rings (SSSR count). The highest BCUT2D eigenvalue weighted by molar-refractivity contribution is 5.94. The number of rotatable bonds is 1. The number of nitrogens with one attached hydrogen (secondary N) is 1. The molecular formula is C11H9FN4. The molecule has 0 atom stereocenters. The summed E-state index contributed by atoms with van der Waals surface area (Å²) in [6.07, 6.45) is 6.97. The van der Waals surface area contributed by atoms with Gasteiger partial charge in [-0.25, -0.2) is 4.98 Å². The predicted octanol–water partition coefficient (Wildman–Crippen LogP) is 2.10. The average molecular weight is 216 g/mol. The molecular weight excluding hydrogens is 207 g/mol. The van der Waals surface area contributed by atoms with Gasteiger partial charge in [0.1, 0.15) is 0 Å². The van der Waals surface area contributed by atoms with Gasteiger partial charge in [0, 0.05) is 42.0 Å². The molecule has 5 heteroatoms. The van der Waals surface area contributed by atoms with E-state index in [1.54, 1.807) is 10.9 Å². The number of pyridine rings is 1. The van der Waals surface area contributed by atoms with Crippen molar-refractivity contribution in [1.29, 1.82) is 0 Å². The van der Waals surface area contributed by atoms with Crippen molar-refractivity contribution in [3.05, 3.63) is 36.8 Å². The molecule has 16 heavy (non-hydrogen) atoms. The van der Waals surface area contributed by atoms with E-state index in [-0.39, 0.29) is 0 Å². The van der Waals surface area contributed by atoms with Crippen LogP contribution < -0.4 is 0 Å². The number of nitrogens with zero attached hydrogens (tertiary/aromatic N) is 3. The maximum Gasteiger partial charge on any atom is 0.213 e. The molecule has 0 unspecified atom stereocenters. The Balaban J connectivity index is 2.27. The van der Waals surface area contributed by atoms with Crippen LogP contribution in [-0.2, 0) is 7.05 Å². The fraction of sp³-hybridized carbons (Fsp3) is 0.0909. The fourth-order valence-corrected chi connectivity index (χ4v) is 1.79. The van der Waals surface area contributed by atoms with Gasteiger partial charge in [0.05, 0.1) is 17.9 Å². The first-order chi connectivity index (χ1) is 7.74. The summed E-state index contributed by atoms with van der Waals surface area (Å²) in [5.74, 6) is -0.475. The Hall–Kier alpha value is -2.17. The standard InChI is InChI=1S/C11H9FN4/c1-16-6-7(3-15-16)9-4-13-10-5-14-11(12)2-8(9)10/h2-6,13H,1H3. The first kappa shape index (κ1) is 9.08. The summed E-state index contributed by atoms with van der Waals surface area (Å²) < 4.78 is 14.8. The molecule has 3 heterocycles. The Morgan fingerprint density at radius 1 is 1.38 bits per heavy atom. The molecule has 3 aromatic heterocycles. The van der Waals surface area contributed by atoms with Crippen LogP contribution in [0.5, 0.6) is 0 Å². The van der Waals surface area contributed by atoms with Crippen molar-refractivity contribution in [3.63, 3.8) is 0 Å². The minimum absolute atomic E-state index is 0.475. The van der Waals surface area contributed by atoms with Crippen LogP contribution in [0.15, 0.2) is 30.9 Å². The highest BCUT2D eigenvalue weighted by atomic mass is 19.1. The van der Waals surface area contributed by atoms with Crippen molar-refractivity contribution < 1.29 is 4.39 Å². The van der Waals surface area contributed by atoms with E-state index in [4.69, 9.17) is 0 Å². The van der Waals surface area contributed by atoms with E-state index >= 15 is 0 Å². The van der Waals surface area contributed by atoms with Gasteiger partial charge in [-0.2, -0.15) is 9.49 Å². The van der Waals surface area contributed by atoms with Crippen LogP contribution >= 0.6 is 0 Å². The molecule has 3 aromatic rings. The highest BCUT2D eigenvalue weighted by Gasteiger charge is 2.08. The summed E-state index contributed by atoms with van der Waals surface area (Å²) in [6, 6.07) is 1.42. The zero-order chi connectivity index (χ0) is 11.1. The molecule has 0 saturated carbocycles. The molecule has 1 N–H and O–H groups in total. The number of H-pyrrole nitrogens is 1. The van der Waals surface area contributed by atoms with Crippen LogP contribution in [-0.4, -0.2) is 19.7 Å². The zero-order valence-electron chi connectivity index (χ0n) is 8.61. The van der Waals surface area contributed by atoms with Crippen molar-refractivity contribution in [2.45, 2.75) is 0 Å². The van der Waals surface area contributed by atoms with Crippen molar-refractivity contribution in [3.8, 4) is 11.1 Å². The van der Waals surface area contributed by atoms with E-state index in [2.05, 4.69) is 15.1 Å². The predicted molar refractivity (Wildman–Crippen MR) is 58.3 cm³/mol. The SMILES string of the molecule is Cn1cc(-c2c[nH]c3cnc(F)cc23)cn1. The van der Waals surface area contributed by atoms with E-state index in [1.807, 2.05) is 19.4 Å². The molecule has 0 bridgehead atoms. The van der Waals surface area contributed by atoms with Crippen LogP contribution in [0.2, 0.25) is 0 Å². The zero-order valence-corrected chi connectivity index (χ0v) is 8.61. The summed E-state index contributed by atoms with van der Waals surface area (Å²) in [6.45, 7) is 0. The molecule has 0 saturated heterocycles. The van der Waals surface area contributed by atoms with Gasteiger partial charge < -0.3 is 4.98 Å². The van der Waals surface area contributed by atoms with E-state index in [1.165, 1.54) is 12.3 Å². The van der Waals surface area contributed by atoms with Gasteiger partial charge in [-0.05, 0) is 0 Å². The van der Waals surface area contributed by atoms with Gasteiger partial charge in [-0.3, -0.25) is 4.68 Å². The minimum atomic E-state index is -0.475. The lowest BCUT2D eigenvalue weighted by atomic mass is 10.1. The second kappa shape index (κ2) is 3.16. The molecule has 0 radical (unpaired) electrons. The number of fused-ring (bicyclic) bond motifs is 1. The molecule has 4 nitrogen and oxygen atoms in total. The van der Waals surface area contributed by atoms with E-state index < -0.39 is 5.95 Å². The Morgan fingerprint density at radius 3 is 3.00 bits per heavy atom. The summed E-state index contributed by atoms with van der Waals surface area (Å²) >= 11 is 0. The van der Waals surface area contributed by atoms with Gasteiger partial charge in [-0.15, -0.1) is 0 Å². The number of aromatic amines is 1. The molecule has 0 aliphatic rings. The third-order valence-electron chi connectivity index (χ3n) is 2.55. The van der Waals surface area contributed by atoms with Crippen molar-refractivity contribution in [1.82, 2.24) is 19.7 Å². The van der Waals surface area contributed by atoms with Crippen LogP contribution in [0.4, 0.5) is 4.39 Å². The summed E-state index contributed by atoms with van der Waals surface area (Å²) in [4.78, 5) is 6.66. The molecule has 0 amide bonds. The van der Waals surface area contributed by atoms with E-state index in [0.29, 0.717) is 0 Å². The lowest BCUT2D eigenvalue weighted by molar-refractivity contribution is 0.586. The molecule has 0 aliphatic carbocycles. The number of aromatic nitrogens is 4. The van der Waals surface area contributed by atoms with Gasteiger partial charge in [0.2, 0.25) is 5.95 Å². The van der Waals surface area contributed by atoms with Crippen LogP contribution in [0, 0.1) is 5.95 Å². The normalized spacial score (nSPS) is 11.1. The average Bonchev–Trinajstić information content (AvgIpc) is 2.83. The first-order valence-corrected chi connectivity index (χ1v) is 4.86.